The lowest BCUT2D eigenvalue weighted by Crippen LogP contribution is -2.19. The molecule has 1 aliphatic rings. The van der Waals surface area contributed by atoms with Gasteiger partial charge in [0.15, 0.2) is 17.3 Å². The zero-order chi connectivity index (χ0) is 13.1. The van der Waals surface area contributed by atoms with Gasteiger partial charge in [-0.25, -0.2) is 0 Å². The fraction of sp³-hybridized carbons (Fsp3) is 0.333. The van der Waals surface area contributed by atoms with E-state index in [0.717, 1.165) is 0 Å². The summed E-state index contributed by atoms with van der Waals surface area (Å²) >= 11 is 3.07. The Morgan fingerprint density at radius 3 is 2.61 bits per heavy atom. The summed E-state index contributed by atoms with van der Waals surface area (Å²) < 4.78 is 10.7. The summed E-state index contributed by atoms with van der Waals surface area (Å²) in [6.45, 7) is 0.928. The number of hydrogen-bond donors (Lipinski definition) is 1. The molecular weight excluding hydrogens is 304 g/mol. The van der Waals surface area contributed by atoms with Gasteiger partial charge >= 0.3 is 5.97 Å². The van der Waals surface area contributed by atoms with Crippen LogP contribution in [-0.2, 0) is 4.79 Å². The molecule has 0 saturated carbocycles. The number of halogens is 1. The van der Waals surface area contributed by atoms with E-state index in [1.165, 1.54) is 0 Å². The Balaban J connectivity index is 2.18. The molecule has 96 valence electrons. The van der Waals surface area contributed by atoms with Crippen LogP contribution in [-0.4, -0.2) is 34.9 Å². The van der Waals surface area contributed by atoms with Crippen LogP contribution >= 0.6 is 15.9 Å². The third-order valence-electron chi connectivity index (χ3n) is 2.47. The third kappa shape index (κ3) is 2.81. The number of alkyl halides is 1. The van der Waals surface area contributed by atoms with E-state index < -0.39 is 10.8 Å². The van der Waals surface area contributed by atoms with Gasteiger partial charge in [0.05, 0.1) is 11.2 Å². The number of rotatable bonds is 4. The van der Waals surface area contributed by atoms with Crippen molar-refractivity contribution in [2.24, 2.45) is 0 Å². The summed E-state index contributed by atoms with van der Waals surface area (Å²) in [5.74, 6) is -0.193. The van der Waals surface area contributed by atoms with Crippen molar-refractivity contribution in [3.05, 3.63) is 23.8 Å². The highest BCUT2D eigenvalue weighted by Crippen LogP contribution is 2.31. The lowest BCUT2D eigenvalue weighted by Gasteiger charge is -2.19. The minimum atomic E-state index is -1.03. The molecule has 1 unspecified atom stereocenters. The molecule has 6 heteroatoms. The van der Waals surface area contributed by atoms with Crippen molar-refractivity contribution < 1.29 is 24.2 Å². The van der Waals surface area contributed by atoms with Crippen LogP contribution in [0.15, 0.2) is 18.2 Å². The van der Waals surface area contributed by atoms with Gasteiger partial charge in [0.2, 0.25) is 0 Å². The number of carboxylic acids is 1. The quantitative estimate of drug-likeness (QED) is 0.678. The van der Waals surface area contributed by atoms with Gasteiger partial charge in [-0.1, -0.05) is 15.9 Å². The van der Waals surface area contributed by atoms with Crippen molar-refractivity contribution in [3.8, 4) is 11.5 Å². The summed E-state index contributed by atoms with van der Waals surface area (Å²) in [5.41, 5.74) is 0.405. The number of Topliss-reactive ketones (excluding diaryl/α,β-unsaturated/α-hetero) is 1. The molecule has 0 bridgehead atoms. The van der Waals surface area contributed by atoms with E-state index in [1.54, 1.807) is 18.2 Å². The molecule has 18 heavy (non-hydrogen) atoms. The molecule has 0 spiro atoms. The predicted octanol–water partition coefficient (Wildman–Crippen LogP) is 1.88. The normalized spacial score (nSPS) is 14.9. The monoisotopic (exact) mass is 314 g/mol. The van der Waals surface area contributed by atoms with E-state index in [4.69, 9.17) is 14.6 Å². The number of benzene rings is 1. The summed E-state index contributed by atoms with van der Waals surface area (Å²) in [6.07, 6.45) is -0.257. The van der Waals surface area contributed by atoms with Gasteiger partial charge in [-0.2, -0.15) is 0 Å². The molecule has 1 aromatic carbocycles. The molecular formula is C12H11BrO5. The summed E-state index contributed by atoms with van der Waals surface area (Å²) in [5, 5.41) is 8.64. The minimum Gasteiger partial charge on any atom is -0.486 e. The smallest absolute Gasteiger partial charge is 0.304 e. The topological polar surface area (TPSA) is 72.8 Å². The number of hydrogen-bond acceptors (Lipinski definition) is 4. The van der Waals surface area contributed by atoms with Gasteiger partial charge < -0.3 is 14.6 Å². The van der Waals surface area contributed by atoms with Gasteiger partial charge in [0.25, 0.3) is 0 Å². The molecule has 0 aromatic heterocycles. The number of carboxylic acid groups (broad SMARTS) is 1. The van der Waals surface area contributed by atoms with Gasteiger partial charge in [-0.3, -0.25) is 9.59 Å². The Hall–Kier alpha value is -1.56. The predicted molar refractivity (Wildman–Crippen MR) is 66.7 cm³/mol. The van der Waals surface area contributed by atoms with Crippen LogP contribution < -0.4 is 9.47 Å². The Bertz CT molecular complexity index is 485. The number of aliphatic carboxylic acids is 1. The molecule has 5 nitrogen and oxygen atoms in total. The maximum absolute atomic E-state index is 12.0. The Morgan fingerprint density at radius 2 is 1.94 bits per heavy atom. The second-order valence-corrected chi connectivity index (χ2v) is 4.89. The molecule has 0 saturated heterocycles. The molecule has 1 heterocycles. The summed E-state index contributed by atoms with van der Waals surface area (Å²) in [4.78, 5) is 21.8. The van der Waals surface area contributed by atoms with Gasteiger partial charge in [-0.15, -0.1) is 0 Å². The van der Waals surface area contributed by atoms with Crippen LogP contribution in [0.5, 0.6) is 11.5 Å². The summed E-state index contributed by atoms with van der Waals surface area (Å²) in [6, 6.07) is 4.83. The number of ketones is 1. The van der Waals surface area contributed by atoms with E-state index in [-0.39, 0.29) is 12.2 Å². The lowest BCUT2D eigenvalue weighted by molar-refractivity contribution is -0.136. The molecule has 0 fully saturated rings. The van der Waals surface area contributed by atoms with Crippen LogP contribution in [0.4, 0.5) is 0 Å². The van der Waals surface area contributed by atoms with Gasteiger partial charge in [0, 0.05) is 5.56 Å². The highest BCUT2D eigenvalue weighted by Gasteiger charge is 2.22. The lowest BCUT2D eigenvalue weighted by atomic mass is 10.1. The van der Waals surface area contributed by atoms with Crippen molar-refractivity contribution in [2.75, 3.05) is 13.2 Å². The standard InChI is InChI=1S/C12H11BrO5/c13-8(6-11(14)15)12(16)7-1-2-9-10(5-7)18-4-3-17-9/h1-2,5,8H,3-4,6H2,(H,14,15). The maximum Gasteiger partial charge on any atom is 0.304 e. The zero-order valence-electron chi connectivity index (χ0n) is 9.39. The van der Waals surface area contributed by atoms with E-state index >= 15 is 0 Å². The SMILES string of the molecule is O=C(O)CC(Br)C(=O)c1ccc2c(c1)OCCO2. The van der Waals surface area contributed by atoms with Crippen LogP contribution in [0, 0.1) is 0 Å². The molecule has 1 atom stereocenters. The first kappa shape index (κ1) is 12.9. The van der Waals surface area contributed by atoms with Crippen molar-refractivity contribution in [3.63, 3.8) is 0 Å². The molecule has 0 aliphatic carbocycles. The summed E-state index contributed by atoms with van der Waals surface area (Å²) in [7, 11) is 0. The van der Waals surface area contributed by atoms with Crippen LogP contribution in [0.3, 0.4) is 0 Å². The molecule has 1 aliphatic heterocycles. The fourth-order valence-electron chi connectivity index (χ4n) is 1.62. The van der Waals surface area contributed by atoms with E-state index in [0.29, 0.717) is 30.3 Å². The first-order valence-electron chi connectivity index (χ1n) is 5.37. The average molecular weight is 315 g/mol. The minimum absolute atomic E-state index is 0.257. The molecule has 0 radical (unpaired) electrons. The third-order valence-corrected chi connectivity index (χ3v) is 3.20. The van der Waals surface area contributed by atoms with Crippen molar-refractivity contribution in [1.29, 1.82) is 0 Å². The second kappa shape index (κ2) is 5.39. The fourth-order valence-corrected chi connectivity index (χ4v) is 2.16. The van der Waals surface area contributed by atoms with Crippen molar-refractivity contribution in [2.45, 2.75) is 11.2 Å². The van der Waals surface area contributed by atoms with E-state index in [9.17, 15) is 9.59 Å². The highest BCUT2D eigenvalue weighted by molar-refractivity contribution is 9.10. The molecule has 1 aromatic rings. The zero-order valence-corrected chi connectivity index (χ0v) is 11.0. The molecule has 0 amide bonds. The van der Waals surface area contributed by atoms with Crippen LogP contribution in [0.1, 0.15) is 16.8 Å². The second-order valence-electron chi connectivity index (χ2n) is 3.79. The first-order chi connectivity index (χ1) is 8.58. The first-order valence-corrected chi connectivity index (χ1v) is 6.29. The number of fused-ring (bicyclic) bond motifs is 1. The number of ether oxygens (including phenoxy) is 2. The van der Waals surface area contributed by atoms with Crippen molar-refractivity contribution in [1.82, 2.24) is 0 Å². The van der Waals surface area contributed by atoms with Crippen molar-refractivity contribution >= 4 is 27.7 Å². The maximum atomic E-state index is 12.0. The Morgan fingerprint density at radius 1 is 1.28 bits per heavy atom. The van der Waals surface area contributed by atoms with Crippen LogP contribution in [0.25, 0.3) is 0 Å². The Kier molecular flexibility index (Phi) is 3.86. The van der Waals surface area contributed by atoms with Crippen LogP contribution in [0.2, 0.25) is 0 Å². The Labute approximate surface area is 112 Å². The highest BCUT2D eigenvalue weighted by atomic mass is 79.9. The average Bonchev–Trinajstić information content (AvgIpc) is 2.36. The van der Waals surface area contributed by atoms with Gasteiger partial charge in [-0.05, 0) is 18.2 Å². The molecule has 2 rings (SSSR count). The largest absolute Gasteiger partial charge is 0.486 e. The van der Waals surface area contributed by atoms with E-state index in [1.807, 2.05) is 0 Å². The molecule has 1 N–H and O–H groups in total. The number of carbonyl (C=O) groups excluding carboxylic acids is 1. The van der Waals surface area contributed by atoms with Gasteiger partial charge in [0.1, 0.15) is 13.2 Å². The van der Waals surface area contributed by atoms with E-state index in [2.05, 4.69) is 15.9 Å². The number of carbonyl (C=O) groups is 2.